The van der Waals surface area contributed by atoms with E-state index in [9.17, 15) is 0 Å². The number of benzene rings is 2. The van der Waals surface area contributed by atoms with Crippen molar-refractivity contribution in [3.8, 4) is 11.1 Å². The first kappa shape index (κ1) is 12.8. The fourth-order valence-corrected chi connectivity index (χ4v) is 1.65. The van der Waals surface area contributed by atoms with Crippen LogP contribution >= 0.6 is 0 Å². The summed E-state index contributed by atoms with van der Waals surface area (Å²) in [6.45, 7) is 0.926. The minimum Gasteiger partial charge on any atom is -1.00 e. The van der Waals surface area contributed by atoms with Gasteiger partial charge in [0.05, 0.1) is 0 Å². The molecule has 1 nitrogen and oxygen atoms in total. The van der Waals surface area contributed by atoms with Crippen molar-refractivity contribution in [3.63, 3.8) is 0 Å². The number of hydrogen-bond donors (Lipinski definition) is 1. The molecule has 0 fully saturated rings. The SMILES string of the molecule is CNCc1ccc(-c2ccccc2)cc1.[Cl-]. The summed E-state index contributed by atoms with van der Waals surface area (Å²) in [5.74, 6) is 0. The molecule has 2 aromatic carbocycles. The molecule has 2 rings (SSSR count). The Labute approximate surface area is 103 Å². The number of rotatable bonds is 3. The van der Waals surface area contributed by atoms with Crippen molar-refractivity contribution in [2.75, 3.05) is 7.05 Å². The Bertz CT molecular complexity index is 409. The molecule has 0 amide bonds. The van der Waals surface area contributed by atoms with Crippen molar-refractivity contribution in [1.82, 2.24) is 5.32 Å². The van der Waals surface area contributed by atoms with E-state index in [4.69, 9.17) is 0 Å². The maximum atomic E-state index is 3.14. The van der Waals surface area contributed by atoms with Gasteiger partial charge in [-0.3, -0.25) is 0 Å². The van der Waals surface area contributed by atoms with Gasteiger partial charge in [-0.1, -0.05) is 54.6 Å². The third kappa shape index (κ3) is 3.09. The van der Waals surface area contributed by atoms with Crippen molar-refractivity contribution < 1.29 is 12.4 Å². The van der Waals surface area contributed by atoms with Gasteiger partial charge in [0.15, 0.2) is 0 Å². The first-order chi connectivity index (χ1) is 7.40. The van der Waals surface area contributed by atoms with E-state index in [1.54, 1.807) is 0 Å². The topological polar surface area (TPSA) is 12.0 Å². The second-order valence-electron chi connectivity index (χ2n) is 3.59. The van der Waals surface area contributed by atoms with Gasteiger partial charge < -0.3 is 17.7 Å². The van der Waals surface area contributed by atoms with E-state index in [1.165, 1.54) is 16.7 Å². The van der Waals surface area contributed by atoms with Crippen LogP contribution in [-0.4, -0.2) is 7.05 Å². The third-order valence-corrected chi connectivity index (χ3v) is 2.44. The van der Waals surface area contributed by atoms with E-state index < -0.39 is 0 Å². The van der Waals surface area contributed by atoms with Crippen LogP contribution < -0.4 is 17.7 Å². The highest BCUT2D eigenvalue weighted by Crippen LogP contribution is 2.18. The number of nitrogens with one attached hydrogen (secondary N) is 1. The summed E-state index contributed by atoms with van der Waals surface area (Å²) >= 11 is 0. The summed E-state index contributed by atoms with van der Waals surface area (Å²) in [6, 6.07) is 19.1. The lowest BCUT2D eigenvalue weighted by Gasteiger charge is -2.03. The minimum atomic E-state index is 0. The van der Waals surface area contributed by atoms with Crippen molar-refractivity contribution in [3.05, 3.63) is 60.2 Å². The largest absolute Gasteiger partial charge is 1.00 e. The van der Waals surface area contributed by atoms with E-state index in [0.717, 1.165) is 6.54 Å². The van der Waals surface area contributed by atoms with Gasteiger partial charge in [-0.2, -0.15) is 0 Å². The van der Waals surface area contributed by atoms with Crippen LogP contribution in [0.1, 0.15) is 5.56 Å². The molecule has 0 aliphatic rings. The van der Waals surface area contributed by atoms with E-state index in [0.29, 0.717) is 0 Å². The van der Waals surface area contributed by atoms with E-state index in [-0.39, 0.29) is 12.4 Å². The van der Waals surface area contributed by atoms with Gasteiger partial charge in [0.2, 0.25) is 0 Å². The van der Waals surface area contributed by atoms with Gasteiger partial charge in [0.1, 0.15) is 0 Å². The lowest BCUT2D eigenvalue weighted by Crippen LogP contribution is -3.00. The molecule has 0 saturated carbocycles. The zero-order valence-electron chi connectivity index (χ0n) is 9.28. The Balaban J connectivity index is 0.00000128. The quantitative estimate of drug-likeness (QED) is 0.791. The molecule has 0 aliphatic heterocycles. The van der Waals surface area contributed by atoms with Crippen molar-refractivity contribution >= 4 is 0 Å². The van der Waals surface area contributed by atoms with E-state index >= 15 is 0 Å². The van der Waals surface area contributed by atoms with E-state index in [2.05, 4.69) is 53.8 Å². The van der Waals surface area contributed by atoms with E-state index in [1.807, 2.05) is 13.1 Å². The van der Waals surface area contributed by atoms with Crippen LogP contribution in [0, 0.1) is 0 Å². The van der Waals surface area contributed by atoms with Gasteiger partial charge in [0, 0.05) is 6.54 Å². The summed E-state index contributed by atoms with van der Waals surface area (Å²) in [5, 5.41) is 3.14. The summed E-state index contributed by atoms with van der Waals surface area (Å²) in [4.78, 5) is 0. The Kier molecular flexibility index (Phi) is 5.03. The van der Waals surface area contributed by atoms with Crippen LogP contribution in [0.4, 0.5) is 0 Å². The molecular weight excluding hydrogens is 218 g/mol. The molecular formula is C14H15ClN-. The molecule has 0 saturated heterocycles. The van der Waals surface area contributed by atoms with Crippen molar-refractivity contribution in [2.24, 2.45) is 0 Å². The molecule has 0 unspecified atom stereocenters. The van der Waals surface area contributed by atoms with Crippen LogP contribution in [0.25, 0.3) is 11.1 Å². The summed E-state index contributed by atoms with van der Waals surface area (Å²) in [5.41, 5.74) is 3.86. The van der Waals surface area contributed by atoms with Gasteiger partial charge in [-0.15, -0.1) is 0 Å². The lowest BCUT2D eigenvalue weighted by molar-refractivity contribution is -0.00000303. The fourth-order valence-electron chi connectivity index (χ4n) is 1.65. The summed E-state index contributed by atoms with van der Waals surface area (Å²) in [7, 11) is 1.96. The van der Waals surface area contributed by atoms with Crippen LogP contribution in [0.2, 0.25) is 0 Å². The molecule has 0 aromatic heterocycles. The summed E-state index contributed by atoms with van der Waals surface area (Å²) < 4.78 is 0. The van der Waals surface area contributed by atoms with Crippen LogP contribution in [0.3, 0.4) is 0 Å². The van der Waals surface area contributed by atoms with Crippen LogP contribution in [0.15, 0.2) is 54.6 Å². The highest BCUT2D eigenvalue weighted by Gasteiger charge is 1.96. The average molecular weight is 233 g/mol. The maximum Gasteiger partial charge on any atom is 0.0202 e. The monoisotopic (exact) mass is 232 g/mol. The van der Waals surface area contributed by atoms with Crippen LogP contribution in [-0.2, 0) is 6.54 Å². The minimum absolute atomic E-state index is 0. The normalized spacial score (nSPS) is 9.56. The van der Waals surface area contributed by atoms with Crippen LogP contribution in [0.5, 0.6) is 0 Å². The molecule has 0 heterocycles. The predicted molar refractivity (Wildman–Crippen MR) is 64.6 cm³/mol. The molecule has 0 bridgehead atoms. The molecule has 84 valence electrons. The van der Waals surface area contributed by atoms with Gasteiger partial charge in [0.25, 0.3) is 0 Å². The molecule has 2 aromatic rings. The number of hydrogen-bond acceptors (Lipinski definition) is 1. The van der Waals surface area contributed by atoms with Gasteiger partial charge in [-0.05, 0) is 23.7 Å². The smallest absolute Gasteiger partial charge is 0.0202 e. The molecule has 0 atom stereocenters. The lowest BCUT2D eigenvalue weighted by atomic mass is 10.0. The Morgan fingerprint density at radius 2 is 1.38 bits per heavy atom. The Hall–Kier alpha value is -1.31. The van der Waals surface area contributed by atoms with Gasteiger partial charge >= 0.3 is 0 Å². The second-order valence-corrected chi connectivity index (χ2v) is 3.59. The zero-order valence-corrected chi connectivity index (χ0v) is 10.0. The molecule has 1 N–H and O–H groups in total. The standard InChI is InChI=1S/C14H15N.ClH/c1-15-11-12-7-9-14(10-8-12)13-5-3-2-4-6-13;/h2-10,15H,11H2,1H3;1H/p-1. The Morgan fingerprint density at radius 1 is 0.812 bits per heavy atom. The third-order valence-electron chi connectivity index (χ3n) is 2.44. The Morgan fingerprint density at radius 3 is 1.94 bits per heavy atom. The molecule has 0 spiro atoms. The fraction of sp³-hybridized carbons (Fsp3) is 0.143. The second kappa shape index (κ2) is 6.31. The first-order valence-corrected chi connectivity index (χ1v) is 5.19. The highest BCUT2D eigenvalue weighted by atomic mass is 35.5. The number of halogens is 1. The van der Waals surface area contributed by atoms with Crippen molar-refractivity contribution in [1.29, 1.82) is 0 Å². The highest BCUT2D eigenvalue weighted by molar-refractivity contribution is 5.63. The molecule has 2 heteroatoms. The summed E-state index contributed by atoms with van der Waals surface area (Å²) in [6.07, 6.45) is 0. The maximum absolute atomic E-state index is 3.14. The molecule has 16 heavy (non-hydrogen) atoms. The molecule has 0 aliphatic carbocycles. The zero-order chi connectivity index (χ0) is 10.5. The predicted octanol–water partition coefficient (Wildman–Crippen LogP) is 0.0770. The van der Waals surface area contributed by atoms with Gasteiger partial charge in [-0.25, -0.2) is 0 Å². The average Bonchev–Trinajstić information content (AvgIpc) is 2.32. The first-order valence-electron chi connectivity index (χ1n) is 5.19. The molecule has 0 radical (unpaired) electrons. The van der Waals surface area contributed by atoms with Crippen molar-refractivity contribution in [2.45, 2.75) is 6.54 Å².